The van der Waals surface area contributed by atoms with Gasteiger partial charge in [-0.2, -0.15) is 0 Å². The van der Waals surface area contributed by atoms with E-state index in [-0.39, 0.29) is 5.82 Å². The van der Waals surface area contributed by atoms with E-state index in [0.717, 1.165) is 23.5 Å². The molecule has 0 unspecified atom stereocenters. The van der Waals surface area contributed by atoms with Crippen molar-refractivity contribution in [3.05, 3.63) is 59.4 Å². The second-order valence-corrected chi connectivity index (χ2v) is 4.97. The first-order chi connectivity index (χ1) is 9.29. The standard InChI is InChI=1S/C15H16FN3/c16-13-3-1-2-11(6-13)7-15-18-9-12(10-19-15)8-17-14-4-5-14/h1-3,6,9-10,14,17H,4-5,7-8H2. The van der Waals surface area contributed by atoms with Gasteiger partial charge in [0.2, 0.25) is 0 Å². The summed E-state index contributed by atoms with van der Waals surface area (Å²) in [6.45, 7) is 0.824. The van der Waals surface area contributed by atoms with E-state index in [1.165, 1.54) is 25.0 Å². The summed E-state index contributed by atoms with van der Waals surface area (Å²) in [5.41, 5.74) is 1.98. The Bertz CT molecular complexity index is 550. The van der Waals surface area contributed by atoms with Gasteiger partial charge >= 0.3 is 0 Å². The van der Waals surface area contributed by atoms with Gasteiger partial charge in [0.05, 0.1) is 0 Å². The lowest BCUT2D eigenvalue weighted by atomic mass is 10.1. The quantitative estimate of drug-likeness (QED) is 0.894. The van der Waals surface area contributed by atoms with Gasteiger partial charge in [0.1, 0.15) is 11.6 Å². The topological polar surface area (TPSA) is 37.8 Å². The highest BCUT2D eigenvalue weighted by Crippen LogP contribution is 2.19. The van der Waals surface area contributed by atoms with E-state index in [4.69, 9.17) is 0 Å². The van der Waals surface area contributed by atoms with Gasteiger partial charge in [-0.1, -0.05) is 12.1 Å². The molecule has 3 nitrogen and oxygen atoms in total. The van der Waals surface area contributed by atoms with Crippen molar-refractivity contribution in [2.45, 2.75) is 31.8 Å². The van der Waals surface area contributed by atoms with E-state index < -0.39 is 0 Å². The maximum Gasteiger partial charge on any atom is 0.132 e. The average molecular weight is 257 g/mol. The van der Waals surface area contributed by atoms with Crippen molar-refractivity contribution < 1.29 is 4.39 Å². The van der Waals surface area contributed by atoms with Gasteiger partial charge in [0.25, 0.3) is 0 Å². The Morgan fingerprint density at radius 3 is 2.63 bits per heavy atom. The molecule has 4 heteroatoms. The Balaban J connectivity index is 1.61. The van der Waals surface area contributed by atoms with Crippen LogP contribution in [0.25, 0.3) is 0 Å². The van der Waals surface area contributed by atoms with Crippen LogP contribution >= 0.6 is 0 Å². The fraction of sp³-hybridized carbons (Fsp3) is 0.333. The summed E-state index contributed by atoms with van der Waals surface area (Å²) in [5, 5.41) is 3.42. The Morgan fingerprint density at radius 2 is 1.95 bits per heavy atom. The predicted octanol–water partition coefficient (Wildman–Crippen LogP) is 2.46. The summed E-state index contributed by atoms with van der Waals surface area (Å²) < 4.78 is 13.1. The van der Waals surface area contributed by atoms with Crippen LogP contribution in [0.2, 0.25) is 0 Å². The third kappa shape index (κ3) is 3.58. The molecule has 0 amide bonds. The minimum atomic E-state index is -0.220. The first-order valence-electron chi connectivity index (χ1n) is 6.57. The molecule has 1 aliphatic carbocycles. The molecule has 1 saturated carbocycles. The highest BCUT2D eigenvalue weighted by Gasteiger charge is 2.19. The normalized spacial score (nSPS) is 14.6. The zero-order valence-corrected chi connectivity index (χ0v) is 10.6. The smallest absolute Gasteiger partial charge is 0.132 e. The first-order valence-corrected chi connectivity index (χ1v) is 6.57. The van der Waals surface area contributed by atoms with Crippen molar-refractivity contribution in [1.82, 2.24) is 15.3 Å². The number of nitrogens with zero attached hydrogens (tertiary/aromatic N) is 2. The van der Waals surface area contributed by atoms with Crippen molar-refractivity contribution in [3.63, 3.8) is 0 Å². The first kappa shape index (κ1) is 12.2. The van der Waals surface area contributed by atoms with Gasteiger partial charge in [-0.15, -0.1) is 0 Å². The number of hydrogen-bond donors (Lipinski definition) is 1. The van der Waals surface area contributed by atoms with Crippen LogP contribution in [-0.2, 0) is 13.0 Å². The van der Waals surface area contributed by atoms with Crippen molar-refractivity contribution in [2.75, 3.05) is 0 Å². The molecule has 0 spiro atoms. The molecule has 0 radical (unpaired) electrons. The molecule has 1 heterocycles. The lowest BCUT2D eigenvalue weighted by Gasteiger charge is -2.04. The average Bonchev–Trinajstić information content (AvgIpc) is 3.22. The minimum Gasteiger partial charge on any atom is -0.310 e. The molecule has 1 aliphatic rings. The molecule has 2 aromatic rings. The van der Waals surface area contributed by atoms with Crippen molar-refractivity contribution in [3.8, 4) is 0 Å². The lowest BCUT2D eigenvalue weighted by molar-refractivity contribution is 0.625. The molecule has 98 valence electrons. The summed E-state index contributed by atoms with van der Waals surface area (Å²) in [6, 6.07) is 7.24. The number of hydrogen-bond acceptors (Lipinski definition) is 3. The number of aromatic nitrogens is 2. The third-order valence-corrected chi connectivity index (χ3v) is 3.18. The maximum atomic E-state index is 13.1. The minimum absolute atomic E-state index is 0.220. The number of benzene rings is 1. The summed E-state index contributed by atoms with van der Waals surface area (Å²) in [5.74, 6) is 0.503. The molecule has 0 saturated heterocycles. The number of rotatable bonds is 5. The summed E-state index contributed by atoms with van der Waals surface area (Å²) in [6.07, 6.45) is 6.80. The molecule has 3 rings (SSSR count). The van der Waals surface area contributed by atoms with E-state index in [1.54, 1.807) is 6.07 Å². The van der Waals surface area contributed by atoms with E-state index in [2.05, 4.69) is 15.3 Å². The van der Waals surface area contributed by atoms with Gasteiger partial charge in [0, 0.05) is 37.0 Å². The molecule has 0 bridgehead atoms. The van der Waals surface area contributed by atoms with Crippen LogP contribution in [0.3, 0.4) is 0 Å². The molecule has 0 atom stereocenters. The predicted molar refractivity (Wildman–Crippen MR) is 71.1 cm³/mol. The maximum absolute atomic E-state index is 13.1. The second kappa shape index (κ2) is 5.45. The van der Waals surface area contributed by atoms with E-state index in [9.17, 15) is 4.39 Å². The summed E-state index contributed by atoms with van der Waals surface area (Å²) in [7, 11) is 0. The molecule has 1 N–H and O–H groups in total. The summed E-state index contributed by atoms with van der Waals surface area (Å²) in [4.78, 5) is 8.66. The molecule has 0 aliphatic heterocycles. The van der Waals surface area contributed by atoms with Crippen LogP contribution < -0.4 is 5.32 Å². The van der Waals surface area contributed by atoms with Gasteiger partial charge in [-0.25, -0.2) is 14.4 Å². The van der Waals surface area contributed by atoms with Crippen LogP contribution in [0.1, 0.15) is 29.8 Å². The Kier molecular flexibility index (Phi) is 3.51. The molecule has 1 fully saturated rings. The van der Waals surface area contributed by atoms with Crippen molar-refractivity contribution >= 4 is 0 Å². The zero-order chi connectivity index (χ0) is 13.1. The zero-order valence-electron chi connectivity index (χ0n) is 10.6. The van der Waals surface area contributed by atoms with Crippen LogP contribution in [0.5, 0.6) is 0 Å². The largest absolute Gasteiger partial charge is 0.310 e. The molecule has 1 aromatic carbocycles. The monoisotopic (exact) mass is 257 g/mol. The van der Waals surface area contributed by atoms with Crippen LogP contribution in [-0.4, -0.2) is 16.0 Å². The van der Waals surface area contributed by atoms with Crippen LogP contribution in [0.4, 0.5) is 4.39 Å². The SMILES string of the molecule is Fc1cccc(Cc2ncc(CNC3CC3)cn2)c1. The Labute approximate surface area is 111 Å². The van der Waals surface area contributed by atoms with Gasteiger partial charge < -0.3 is 5.32 Å². The molecular formula is C15H16FN3. The van der Waals surface area contributed by atoms with E-state index in [1.807, 2.05) is 18.5 Å². The highest BCUT2D eigenvalue weighted by molar-refractivity contribution is 5.20. The van der Waals surface area contributed by atoms with Crippen LogP contribution in [0.15, 0.2) is 36.7 Å². The number of halogens is 1. The fourth-order valence-corrected chi connectivity index (χ4v) is 1.94. The molecule has 1 aromatic heterocycles. The Morgan fingerprint density at radius 1 is 1.16 bits per heavy atom. The summed E-state index contributed by atoms with van der Waals surface area (Å²) >= 11 is 0. The fourth-order valence-electron chi connectivity index (χ4n) is 1.94. The highest BCUT2D eigenvalue weighted by atomic mass is 19.1. The van der Waals surface area contributed by atoms with E-state index >= 15 is 0 Å². The van der Waals surface area contributed by atoms with Crippen molar-refractivity contribution in [2.24, 2.45) is 0 Å². The Hall–Kier alpha value is -1.81. The third-order valence-electron chi connectivity index (χ3n) is 3.18. The van der Waals surface area contributed by atoms with Gasteiger partial charge in [0.15, 0.2) is 0 Å². The lowest BCUT2D eigenvalue weighted by Crippen LogP contribution is -2.15. The second-order valence-electron chi connectivity index (χ2n) is 4.97. The number of nitrogens with one attached hydrogen (secondary N) is 1. The van der Waals surface area contributed by atoms with Gasteiger partial charge in [-0.05, 0) is 30.5 Å². The van der Waals surface area contributed by atoms with Gasteiger partial charge in [-0.3, -0.25) is 0 Å². The molecular weight excluding hydrogens is 241 g/mol. The van der Waals surface area contributed by atoms with Crippen LogP contribution in [0, 0.1) is 5.82 Å². The van der Waals surface area contributed by atoms with Crippen molar-refractivity contribution in [1.29, 1.82) is 0 Å². The molecule has 19 heavy (non-hydrogen) atoms. The van der Waals surface area contributed by atoms with E-state index in [0.29, 0.717) is 12.5 Å².